The fourth-order valence-corrected chi connectivity index (χ4v) is 2.34. The minimum Gasteiger partial charge on any atom is -0.353 e. The molecule has 110 valence electrons. The molecule has 2 heterocycles. The summed E-state index contributed by atoms with van der Waals surface area (Å²) in [6.45, 7) is 9.50. The average molecular weight is 278 g/mol. The van der Waals surface area contributed by atoms with E-state index in [-0.39, 0.29) is 17.7 Å². The molecule has 1 unspecified atom stereocenters. The Morgan fingerprint density at radius 3 is 2.85 bits per heavy atom. The molecule has 6 heteroatoms. The van der Waals surface area contributed by atoms with Crippen LogP contribution in [0.3, 0.4) is 0 Å². The molecule has 1 saturated heterocycles. The highest BCUT2D eigenvalue weighted by Crippen LogP contribution is 2.17. The lowest BCUT2D eigenvalue weighted by atomic mass is 10.1. The van der Waals surface area contributed by atoms with Crippen molar-refractivity contribution >= 4 is 11.8 Å². The molecule has 6 nitrogen and oxygen atoms in total. The van der Waals surface area contributed by atoms with E-state index in [4.69, 9.17) is 0 Å². The zero-order valence-electron chi connectivity index (χ0n) is 12.5. The molecule has 1 atom stereocenters. The number of aromatic nitrogens is 2. The number of amides is 2. The summed E-state index contributed by atoms with van der Waals surface area (Å²) in [6.07, 6.45) is 0. The number of nitrogens with zero attached hydrogens (tertiary/aromatic N) is 3. The van der Waals surface area contributed by atoms with Crippen LogP contribution in [0.1, 0.15) is 49.8 Å². The third-order valence-corrected chi connectivity index (χ3v) is 3.67. The Hall–Kier alpha value is -1.85. The highest BCUT2D eigenvalue weighted by Gasteiger charge is 2.31. The molecule has 1 N–H and O–H groups in total. The van der Waals surface area contributed by atoms with Gasteiger partial charge in [-0.2, -0.15) is 5.10 Å². The van der Waals surface area contributed by atoms with Crippen LogP contribution in [0.25, 0.3) is 0 Å². The van der Waals surface area contributed by atoms with Crippen molar-refractivity contribution < 1.29 is 9.59 Å². The Balaban J connectivity index is 2.30. The number of carbonyl (C=O) groups is 2. The van der Waals surface area contributed by atoms with Crippen molar-refractivity contribution in [1.29, 1.82) is 0 Å². The Labute approximate surface area is 119 Å². The maximum absolute atomic E-state index is 12.7. The van der Waals surface area contributed by atoms with E-state index in [0.717, 1.165) is 5.69 Å². The molecule has 0 aliphatic carbocycles. The monoisotopic (exact) mass is 278 g/mol. The molecule has 0 spiro atoms. The first-order chi connectivity index (χ1) is 9.45. The molecule has 1 aromatic rings. The van der Waals surface area contributed by atoms with E-state index in [2.05, 4.69) is 10.4 Å². The van der Waals surface area contributed by atoms with Crippen LogP contribution < -0.4 is 5.32 Å². The van der Waals surface area contributed by atoms with Gasteiger partial charge < -0.3 is 10.2 Å². The second-order valence-corrected chi connectivity index (χ2v) is 5.39. The van der Waals surface area contributed by atoms with Crippen LogP contribution in [-0.4, -0.2) is 45.6 Å². The van der Waals surface area contributed by atoms with E-state index in [0.29, 0.717) is 25.3 Å². The Morgan fingerprint density at radius 1 is 1.55 bits per heavy atom. The number of piperazine rings is 1. The van der Waals surface area contributed by atoms with Gasteiger partial charge in [-0.15, -0.1) is 0 Å². The van der Waals surface area contributed by atoms with Crippen molar-refractivity contribution in [2.24, 2.45) is 0 Å². The summed E-state index contributed by atoms with van der Waals surface area (Å²) in [7, 11) is 0. The minimum atomic E-state index is -0.432. The zero-order chi connectivity index (χ0) is 14.9. The average Bonchev–Trinajstić information content (AvgIpc) is 2.85. The molecule has 1 aliphatic rings. The fraction of sp³-hybridized carbons (Fsp3) is 0.643. The lowest BCUT2D eigenvalue weighted by Gasteiger charge is -2.32. The maximum Gasteiger partial charge on any atom is 0.272 e. The van der Waals surface area contributed by atoms with Gasteiger partial charge in [0.15, 0.2) is 0 Å². The van der Waals surface area contributed by atoms with Crippen LogP contribution in [0.4, 0.5) is 0 Å². The van der Waals surface area contributed by atoms with Crippen LogP contribution in [0.5, 0.6) is 0 Å². The van der Waals surface area contributed by atoms with Crippen LogP contribution in [0, 0.1) is 0 Å². The van der Waals surface area contributed by atoms with Gasteiger partial charge in [0.2, 0.25) is 5.91 Å². The molecule has 1 fully saturated rings. The zero-order valence-corrected chi connectivity index (χ0v) is 12.5. The number of hydrogen-bond acceptors (Lipinski definition) is 3. The molecule has 0 saturated carbocycles. The van der Waals surface area contributed by atoms with Gasteiger partial charge in [-0.1, -0.05) is 13.8 Å². The molecule has 1 aliphatic heterocycles. The second-order valence-electron chi connectivity index (χ2n) is 5.39. The van der Waals surface area contributed by atoms with Crippen LogP contribution in [0.15, 0.2) is 6.07 Å². The maximum atomic E-state index is 12.7. The van der Waals surface area contributed by atoms with Gasteiger partial charge in [0.05, 0.1) is 5.69 Å². The van der Waals surface area contributed by atoms with Gasteiger partial charge in [-0.3, -0.25) is 14.3 Å². The topological polar surface area (TPSA) is 67.2 Å². The number of aryl methyl sites for hydroxylation is 1. The van der Waals surface area contributed by atoms with E-state index in [1.807, 2.05) is 26.8 Å². The van der Waals surface area contributed by atoms with Gasteiger partial charge in [0.25, 0.3) is 5.91 Å². The van der Waals surface area contributed by atoms with Crippen LogP contribution in [0.2, 0.25) is 0 Å². The molecule has 2 rings (SSSR count). The Bertz CT molecular complexity index is 521. The summed E-state index contributed by atoms with van der Waals surface area (Å²) in [5.74, 6) is 0.0567. The summed E-state index contributed by atoms with van der Waals surface area (Å²) in [5, 5.41) is 7.22. The first-order valence-electron chi connectivity index (χ1n) is 7.12. The minimum absolute atomic E-state index is 0.101. The first-order valence-corrected chi connectivity index (χ1v) is 7.12. The molecule has 1 aromatic heterocycles. The number of carbonyl (C=O) groups excluding carboxylic acids is 2. The summed E-state index contributed by atoms with van der Waals surface area (Å²) in [5.41, 5.74) is 1.47. The molecular formula is C14H22N4O2. The normalized spacial score (nSPS) is 19.4. The number of nitrogens with one attached hydrogen (secondary N) is 1. The lowest BCUT2D eigenvalue weighted by molar-refractivity contribution is -0.127. The summed E-state index contributed by atoms with van der Waals surface area (Å²) < 4.78 is 1.72. The first kappa shape index (κ1) is 14.6. The number of hydrogen-bond donors (Lipinski definition) is 1. The van der Waals surface area contributed by atoms with Gasteiger partial charge in [0, 0.05) is 19.6 Å². The third-order valence-electron chi connectivity index (χ3n) is 3.67. The highest BCUT2D eigenvalue weighted by atomic mass is 16.2. The highest BCUT2D eigenvalue weighted by molar-refractivity contribution is 5.97. The van der Waals surface area contributed by atoms with Crippen molar-refractivity contribution in [2.45, 2.75) is 46.2 Å². The molecule has 0 aromatic carbocycles. The van der Waals surface area contributed by atoms with Crippen molar-refractivity contribution in [3.63, 3.8) is 0 Å². The van der Waals surface area contributed by atoms with Gasteiger partial charge >= 0.3 is 0 Å². The van der Waals surface area contributed by atoms with E-state index < -0.39 is 6.04 Å². The quantitative estimate of drug-likeness (QED) is 0.896. The van der Waals surface area contributed by atoms with E-state index >= 15 is 0 Å². The molecule has 20 heavy (non-hydrogen) atoms. The van der Waals surface area contributed by atoms with Crippen LogP contribution in [-0.2, 0) is 11.3 Å². The van der Waals surface area contributed by atoms with E-state index in [9.17, 15) is 9.59 Å². The summed E-state index contributed by atoms with van der Waals surface area (Å²) in [4.78, 5) is 26.0. The summed E-state index contributed by atoms with van der Waals surface area (Å²) >= 11 is 0. The van der Waals surface area contributed by atoms with Crippen molar-refractivity contribution in [3.05, 3.63) is 17.5 Å². The van der Waals surface area contributed by atoms with Gasteiger partial charge in [0.1, 0.15) is 11.7 Å². The molecule has 0 bridgehead atoms. The van der Waals surface area contributed by atoms with Crippen LogP contribution >= 0.6 is 0 Å². The molecular weight excluding hydrogens is 256 g/mol. The predicted molar refractivity (Wildman–Crippen MR) is 75.5 cm³/mol. The second kappa shape index (κ2) is 5.64. The van der Waals surface area contributed by atoms with Gasteiger partial charge in [-0.25, -0.2) is 0 Å². The van der Waals surface area contributed by atoms with Crippen molar-refractivity contribution in [1.82, 2.24) is 20.0 Å². The SMILES string of the molecule is CCn1nc(C(C)C)cc1C(=O)N1CCNC(=O)C1C. The Kier molecular flexibility index (Phi) is 4.11. The standard InChI is InChI=1S/C14H22N4O2/c1-5-18-12(8-11(16-18)9(2)3)14(20)17-7-6-15-13(19)10(17)4/h8-10H,5-7H2,1-4H3,(H,15,19). The smallest absolute Gasteiger partial charge is 0.272 e. The van der Waals surface area contributed by atoms with Gasteiger partial charge in [-0.05, 0) is 25.8 Å². The largest absolute Gasteiger partial charge is 0.353 e. The third kappa shape index (κ3) is 2.55. The Morgan fingerprint density at radius 2 is 2.25 bits per heavy atom. The van der Waals surface area contributed by atoms with Crippen molar-refractivity contribution in [3.8, 4) is 0 Å². The molecule has 0 radical (unpaired) electrons. The molecule has 2 amide bonds. The predicted octanol–water partition coefficient (Wildman–Crippen LogP) is 0.987. The van der Waals surface area contributed by atoms with E-state index in [1.54, 1.807) is 16.5 Å². The number of rotatable bonds is 3. The van der Waals surface area contributed by atoms with E-state index in [1.165, 1.54) is 0 Å². The lowest BCUT2D eigenvalue weighted by Crippen LogP contribution is -2.56. The summed E-state index contributed by atoms with van der Waals surface area (Å²) in [6, 6.07) is 1.41. The fourth-order valence-electron chi connectivity index (χ4n) is 2.34. The van der Waals surface area contributed by atoms with Crippen molar-refractivity contribution in [2.75, 3.05) is 13.1 Å².